The molecule has 0 saturated carbocycles. The van der Waals surface area contributed by atoms with Gasteiger partial charge in [-0.3, -0.25) is 0 Å². The van der Waals surface area contributed by atoms with Crippen molar-refractivity contribution < 1.29 is 19.0 Å². The molecular formula is C5H8O4. The zero-order valence-electron chi connectivity index (χ0n) is 5.12. The average molecular weight is 132 g/mol. The first-order valence-corrected chi connectivity index (χ1v) is 2.63. The van der Waals surface area contributed by atoms with E-state index >= 15 is 0 Å². The maximum Gasteiger partial charge on any atom is 0.334 e. The molecule has 0 aliphatic carbocycles. The van der Waals surface area contributed by atoms with E-state index < -0.39 is 6.29 Å². The second-order valence-electron chi connectivity index (χ2n) is 1.69. The minimum atomic E-state index is -0.484. The van der Waals surface area contributed by atoms with Crippen molar-refractivity contribution in [1.29, 1.82) is 0 Å². The van der Waals surface area contributed by atoms with Crippen LogP contribution in [0.3, 0.4) is 0 Å². The van der Waals surface area contributed by atoms with E-state index in [0.29, 0.717) is 6.61 Å². The Hall–Kier alpha value is -0.610. The zero-order chi connectivity index (χ0) is 6.69. The predicted octanol–water partition coefficient (Wildman–Crippen LogP) is -0.468. The van der Waals surface area contributed by atoms with Crippen molar-refractivity contribution in [3.8, 4) is 0 Å². The van der Waals surface area contributed by atoms with E-state index in [9.17, 15) is 4.79 Å². The standard InChI is InChI=1S/C5H8O4/c1-7-3-5-8-2-4(6)9-5/h5H,2-3H2,1H3. The van der Waals surface area contributed by atoms with Gasteiger partial charge in [0.25, 0.3) is 0 Å². The molecule has 9 heavy (non-hydrogen) atoms. The summed E-state index contributed by atoms with van der Waals surface area (Å²) >= 11 is 0. The van der Waals surface area contributed by atoms with Gasteiger partial charge in [0.2, 0.25) is 6.29 Å². The number of ether oxygens (including phenoxy) is 3. The van der Waals surface area contributed by atoms with Crippen molar-refractivity contribution in [2.75, 3.05) is 20.3 Å². The lowest BCUT2D eigenvalue weighted by Crippen LogP contribution is -2.14. The number of carbonyl (C=O) groups excluding carboxylic acids is 1. The smallest absolute Gasteiger partial charge is 0.334 e. The predicted molar refractivity (Wildman–Crippen MR) is 27.7 cm³/mol. The molecule has 0 aromatic carbocycles. The van der Waals surface area contributed by atoms with E-state index in [1.54, 1.807) is 0 Å². The van der Waals surface area contributed by atoms with Crippen LogP contribution in [-0.2, 0) is 19.0 Å². The molecule has 0 N–H and O–H groups in total. The van der Waals surface area contributed by atoms with Gasteiger partial charge in [-0.15, -0.1) is 0 Å². The molecule has 52 valence electrons. The van der Waals surface area contributed by atoms with Gasteiger partial charge in [-0.25, -0.2) is 4.79 Å². The van der Waals surface area contributed by atoms with Crippen LogP contribution in [0.25, 0.3) is 0 Å². The Labute approximate surface area is 52.7 Å². The fraction of sp³-hybridized carbons (Fsp3) is 0.800. The number of hydrogen-bond donors (Lipinski definition) is 0. The molecule has 1 rings (SSSR count). The average Bonchev–Trinajstić information content (AvgIpc) is 2.17. The third kappa shape index (κ3) is 1.65. The quantitative estimate of drug-likeness (QED) is 0.476. The fourth-order valence-corrected chi connectivity index (χ4v) is 0.594. The van der Waals surface area contributed by atoms with Gasteiger partial charge in [-0.05, 0) is 0 Å². The number of hydrogen-bond acceptors (Lipinski definition) is 4. The third-order valence-corrected chi connectivity index (χ3v) is 0.953. The molecule has 0 amide bonds. The number of cyclic esters (lactones) is 1. The highest BCUT2D eigenvalue weighted by atomic mass is 16.8. The maximum absolute atomic E-state index is 10.3. The molecule has 1 fully saturated rings. The van der Waals surface area contributed by atoms with Crippen molar-refractivity contribution in [2.45, 2.75) is 6.29 Å². The molecule has 4 nitrogen and oxygen atoms in total. The second kappa shape index (κ2) is 2.80. The Balaban J connectivity index is 2.22. The third-order valence-electron chi connectivity index (χ3n) is 0.953. The largest absolute Gasteiger partial charge is 0.431 e. The van der Waals surface area contributed by atoms with Crippen LogP contribution < -0.4 is 0 Å². The molecule has 4 heteroatoms. The van der Waals surface area contributed by atoms with E-state index in [1.807, 2.05) is 0 Å². The van der Waals surface area contributed by atoms with Gasteiger partial charge < -0.3 is 14.2 Å². The molecule has 1 heterocycles. The van der Waals surface area contributed by atoms with Crippen molar-refractivity contribution in [1.82, 2.24) is 0 Å². The van der Waals surface area contributed by atoms with Gasteiger partial charge in [-0.2, -0.15) is 0 Å². The summed E-state index contributed by atoms with van der Waals surface area (Å²) in [5.74, 6) is -0.322. The lowest BCUT2D eigenvalue weighted by molar-refractivity contribution is -0.147. The summed E-state index contributed by atoms with van der Waals surface area (Å²) in [5, 5.41) is 0. The van der Waals surface area contributed by atoms with Crippen LogP contribution in [0.5, 0.6) is 0 Å². The van der Waals surface area contributed by atoms with E-state index in [0.717, 1.165) is 0 Å². The Morgan fingerprint density at radius 3 is 3.11 bits per heavy atom. The molecule has 0 bridgehead atoms. The summed E-state index contributed by atoms with van der Waals surface area (Å²) in [7, 11) is 1.52. The summed E-state index contributed by atoms with van der Waals surface area (Å²) in [6.45, 7) is 0.361. The van der Waals surface area contributed by atoms with Gasteiger partial charge in [0.15, 0.2) is 0 Å². The Morgan fingerprint density at radius 1 is 1.89 bits per heavy atom. The van der Waals surface area contributed by atoms with Crippen LogP contribution in [-0.4, -0.2) is 32.6 Å². The van der Waals surface area contributed by atoms with E-state index in [1.165, 1.54) is 7.11 Å². The molecule has 0 aromatic heterocycles. The fourth-order valence-electron chi connectivity index (χ4n) is 0.594. The number of esters is 1. The first-order chi connectivity index (χ1) is 4.33. The van der Waals surface area contributed by atoms with E-state index in [4.69, 9.17) is 4.74 Å². The highest BCUT2D eigenvalue weighted by Gasteiger charge is 2.22. The van der Waals surface area contributed by atoms with Gasteiger partial charge in [0.05, 0.1) is 0 Å². The van der Waals surface area contributed by atoms with Gasteiger partial charge in [0, 0.05) is 7.11 Å². The van der Waals surface area contributed by atoms with Gasteiger partial charge >= 0.3 is 5.97 Å². The maximum atomic E-state index is 10.3. The van der Waals surface area contributed by atoms with Crippen LogP contribution in [0.4, 0.5) is 0 Å². The molecular weight excluding hydrogens is 124 g/mol. The van der Waals surface area contributed by atoms with Crippen LogP contribution in [0.1, 0.15) is 0 Å². The lowest BCUT2D eigenvalue weighted by Gasteiger charge is -2.04. The monoisotopic (exact) mass is 132 g/mol. The molecule has 1 saturated heterocycles. The molecule has 1 unspecified atom stereocenters. The van der Waals surface area contributed by atoms with Crippen LogP contribution in [0.2, 0.25) is 0 Å². The molecule has 0 spiro atoms. The summed E-state index contributed by atoms with van der Waals surface area (Å²) in [4.78, 5) is 10.3. The number of methoxy groups -OCH3 is 1. The minimum absolute atomic E-state index is 0.0496. The molecule has 1 atom stereocenters. The van der Waals surface area contributed by atoms with E-state index in [-0.39, 0.29) is 12.6 Å². The van der Waals surface area contributed by atoms with Crippen LogP contribution in [0, 0.1) is 0 Å². The first-order valence-electron chi connectivity index (χ1n) is 2.63. The SMILES string of the molecule is COCC1OCC(=O)O1. The first kappa shape index (κ1) is 6.51. The van der Waals surface area contributed by atoms with Crippen molar-refractivity contribution in [3.05, 3.63) is 0 Å². The van der Waals surface area contributed by atoms with Crippen molar-refractivity contribution in [3.63, 3.8) is 0 Å². The van der Waals surface area contributed by atoms with Crippen LogP contribution >= 0.6 is 0 Å². The molecule has 1 aliphatic rings. The van der Waals surface area contributed by atoms with Gasteiger partial charge in [-0.1, -0.05) is 0 Å². The lowest BCUT2D eigenvalue weighted by atomic mass is 10.7. The summed E-state index contributed by atoms with van der Waals surface area (Å²) in [6, 6.07) is 0. The number of rotatable bonds is 2. The van der Waals surface area contributed by atoms with Crippen molar-refractivity contribution in [2.24, 2.45) is 0 Å². The molecule has 1 aliphatic heterocycles. The zero-order valence-corrected chi connectivity index (χ0v) is 5.12. The second-order valence-corrected chi connectivity index (χ2v) is 1.69. The van der Waals surface area contributed by atoms with Gasteiger partial charge in [0.1, 0.15) is 13.2 Å². The highest BCUT2D eigenvalue weighted by molar-refractivity contribution is 5.72. The number of carbonyl (C=O) groups is 1. The molecule has 0 radical (unpaired) electrons. The topological polar surface area (TPSA) is 44.8 Å². The molecule has 0 aromatic rings. The Bertz CT molecular complexity index is 112. The summed E-state index contributed by atoms with van der Waals surface area (Å²) < 4.78 is 14.1. The highest BCUT2D eigenvalue weighted by Crippen LogP contribution is 2.03. The summed E-state index contributed by atoms with van der Waals surface area (Å²) in [5.41, 5.74) is 0. The van der Waals surface area contributed by atoms with Crippen molar-refractivity contribution >= 4 is 5.97 Å². The normalized spacial score (nSPS) is 26.3. The van der Waals surface area contributed by atoms with Crippen LogP contribution in [0.15, 0.2) is 0 Å². The Kier molecular flexibility index (Phi) is 2.02. The summed E-state index contributed by atoms with van der Waals surface area (Å²) in [6.07, 6.45) is -0.484. The minimum Gasteiger partial charge on any atom is -0.431 e. The van der Waals surface area contributed by atoms with E-state index in [2.05, 4.69) is 9.47 Å². The Morgan fingerprint density at radius 2 is 2.67 bits per heavy atom.